The molecule has 0 bridgehead atoms. The highest BCUT2D eigenvalue weighted by molar-refractivity contribution is 6.24. The largest absolute Gasteiger partial charge is 0.396 e. The predicted octanol–water partition coefficient (Wildman–Crippen LogP) is 8.60. The third kappa shape index (κ3) is 16.7. The number of hydrogen-bond acceptors (Lipinski definition) is 6. The second-order valence-electron chi connectivity index (χ2n) is 13.8. The van der Waals surface area contributed by atoms with E-state index < -0.39 is 42.0 Å². The fourth-order valence-electron chi connectivity index (χ4n) is 7.16. The van der Waals surface area contributed by atoms with Gasteiger partial charge in [-0.1, -0.05) is 155 Å². The number of alkyl halides is 1. The molecule has 6 nitrogen and oxygen atoms in total. The second kappa shape index (κ2) is 27.0. The number of unbranched alkanes of at least 4 members (excludes halogenated alkanes) is 20. The zero-order valence-electron chi connectivity index (χ0n) is 28.8. The fourth-order valence-corrected chi connectivity index (χ4v) is 7.69. The first-order valence-electron chi connectivity index (χ1n) is 19.0. The molecule has 264 valence electrons. The molecular weight excluding hydrogens is 576 g/mol. The summed E-state index contributed by atoms with van der Waals surface area (Å²) in [6, 6.07) is 0. The van der Waals surface area contributed by atoms with Crippen LogP contribution in [-0.2, 0) is 4.74 Å². The van der Waals surface area contributed by atoms with E-state index in [1.807, 2.05) is 0 Å². The third-order valence-corrected chi connectivity index (χ3v) is 10.8. The maximum atomic E-state index is 11.1. The molecule has 1 aliphatic heterocycles. The molecule has 1 rings (SSSR count). The zero-order valence-corrected chi connectivity index (χ0v) is 29.5. The number of aliphatic hydroxyl groups excluding tert-OH is 5. The van der Waals surface area contributed by atoms with E-state index in [4.69, 9.17) is 16.3 Å². The minimum absolute atomic E-state index is 0.0184. The first-order valence-corrected chi connectivity index (χ1v) is 19.3. The van der Waals surface area contributed by atoms with Gasteiger partial charge in [0.1, 0.15) is 30.5 Å². The van der Waals surface area contributed by atoms with Crippen molar-refractivity contribution in [1.29, 1.82) is 0 Å². The standard InChI is InChI=1S/C37H73ClO6/c1-3-5-7-9-11-13-15-16-18-20-22-24-27-31(26-23-21-19-17-14-12-10-8-6-4-2)37(38,28-25-29-39)36-35(43)34(42)33(41)32(30-40)44-36/h31-36,39-43H,3-30H2,1-2H3/t31?,32-,33-,34+,35-,36?,37?/m1/s1. The number of ether oxygens (including phenoxy) is 1. The van der Waals surface area contributed by atoms with Crippen LogP contribution in [0.15, 0.2) is 0 Å². The van der Waals surface area contributed by atoms with E-state index in [9.17, 15) is 25.5 Å². The van der Waals surface area contributed by atoms with Gasteiger partial charge in [-0.05, 0) is 31.6 Å². The van der Waals surface area contributed by atoms with Crippen molar-refractivity contribution in [1.82, 2.24) is 0 Å². The van der Waals surface area contributed by atoms with Crippen molar-refractivity contribution < 1.29 is 30.3 Å². The summed E-state index contributed by atoms with van der Waals surface area (Å²) in [5.41, 5.74) is 0. The molecule has 1 fully saturated rings. The van der Waals surface area contributed by atoms with Crippen LogP contribution in [-0.4, -0.2) is 74.1 Å². The molecule has 5 N–H and O–H groups in total. The van der Waals surface area contributed by atoms with E-state index in [2.05, 4.69) is 13.8 Å². The van der Waals surface area contributed by atoms with Crippen LogP contribution >= 0.6 is 11.6 Å². The van der Waals surface area contributed by atoms with Crippen molar-refractivity contribution in [2.24, 2.45) is 5.92 Å². The Morgan fingerprint density at radius 2 is 0.932 bits per heavy atom. The van der Waals surface area contributed by atoms with Crippen LogP contribution in [0.3, 0.4) is 0 Å². The van der Waals surface area contributed by atoms with Crippen molar-refractivity contribution in [3.63, 3.8) is 0 Å². The van der Waals surface area contributed by atoms with E-state index in [1.165, 1.54) is 116 Å². The molecule has 0 amide bonds. The normalized spacial score (nSPS) is 24.4. The molecule has 1 heterocycles. The summed E-state index contributed by atoms with van der Waals surface area (Å²) in [6.07, 6.45) is 24.6. The molecule has 44 heavy (non-hydrogen) atoms. The van der Waals surface area contributed by atoms with Gasteiger partial charge in [0.2, 0.25) is 0 Å². The fraction of sp³-hybridized carbons (Fsp3) is 1.00. The minimum atomic E-state index is -1.44. The molecular formula is C37H73ClO6. The molecule has 0 radical (unpaired) electrons. The van der Waals surface area contributed by atoms with E-state index >= 15 is 0 Å². The second-order valence-corrected chi connectivity index (χ2v) is 14.6. The van der Waals surface area contributed by atoms with Crippen LogP contribution in [0.4, 0.5) is 0 Å². The Balaban J connectivity index is 2.72. The molecule has 0 aliphatic carbocycles. The van der Waals surface area contributed by atoms with Crippen molar-refractivity contribution in [2.75, 3.05) is 13.2 Å². The number of aliphatic hydroxyl groups is 5. The first kappa shape index (κ1) is 42.1. The lowest BCUT2D eigenvalue weighted by Gasteiger charge is -2.49. The maximum Gasteiger partial charge on any atom is 0.111 e. The van der Waals surface area contributed by atoms with Crippen LogP contribution in [0.5, 0.6) is 0 Å². The minimum Gasteiger partial charge on any atom is -0.396 e. The van der Waals surface area contributed by atoms with Gasteiger partial charge in [-0.2, -0.15) is 0 Å². The lowest BCUT2D eigenvalue weighted by Crippen LogP contribution is -2.65. The quantitative estimate of drug-likeness (QED) is 0.0394. The Bertz CT molecular complexity index is 637. The number of hydrogen-bond donors (Lipinski definition) is 5. The number of rotatable bonds is 30. The molecule has 7 heteroatoms. The topological polar surface area (TPSA) is 110 Å². The van der Waals surface area contributed by atoms with E-state index in [0.29, 0.717) is 12.8 Å². The predicted molar refractivity (Wildman–Crippen MR) is 184 cm³/mol. The van der Waals surface area contributed by atoms with E-state index in [1.54, 1.807) is 0 Å². The van der Waals surface area contributed by atoms with Gasteiger partial charge < -0.3 is 30.3 Å². The van der Waals surface area contributed by atoms with Gasteiger partial charge in [-0.25, -0.2) is 0 Å². The van der Waals surface area contributed by atoms with E-state index in [-0.39, 0.29) is 12.5 Å². The maximum absolute atomic E-state index is 11.1. The molecule has 0 aromatic rings. The summed E-state index contributed by atoms with van der Waals surface area (Å²) in [5, 5.41) is 51.6. The third-order valence-electron chi connectivity index (χ3n) is 10.1. The Morgan fingerprint density at radius 3 is 1.30 bits per heavy atom. The van der Waals surface area contributed by atoms with Crippen molar-refractivity contribution in [2.45, 2.75) is 216 Å². The zero-order chi connectivity index (χ0) is 32.5. The molecule has 0 aromatic heterocycles. The SMILES string of the molecule is CCCCCCCCCCCCCCC(CCCCCCCCCCCC)C(Cl)(CCCO)C1O[C@H](CO)[C@@H](O)[C@H](O)[C@H]1O. The van der Waals surface area contributed by atoms with Gasteiger partial charge in [-0.3, -0.25) is 0 Å². The van der Waals surface area contributed by atoms with Gasteiger partial charge in [0, 0.05) is 6.61 Å². The molecule has 1 aliphatic rings. The van der Waals surface area contributed by atoms with Crippen molar-refractivity contribution in [3.05, 3.63) is 0 Å². The summed E-state index contributed by atoms with van der Waals surface area (Å²) in [6.45, 7) is 4.03. The Kier molecular flexibility index (Phi) is 25.9. The molecule has 0 saturated carbocycles. The highest BCUT2D eigenvalue weighted by atomic mass is 35.5. The van der Waals surface area contributed by atoms with Gasteiger partial charge in [0.15, 0.2) is 0 Å². The summed E-state index contributed by atoms with van der Waals surface area (Å²) in [4.78, 5) is -1.01. The first-order chi connectivity index (χ1) is 21.4. The van der Waals surface area contributed by atoms with Crippen molar-refractivity contribution >= 4 is 11.6 Å². The molecule has 3 unspecified atom stereocenters. The highest BCUT2D eigenvalue weighted by Crippen LogP contribution is 2.45. The molecule has 0 spiro atoms. The van der Waals surface area contributed by atoms with Crippen LogP contribution in [0.25, 0.3) is 0 Å². The van der Waals surface area contributed by atoms with Crippen LogP contribution in [0, 0.1) is 5.92 Å². The van der Waals surface area contributed by atoms with Gasteiger partial charge in [-0.15, -0.1) is 11.6 Å². The number of halogens is 1. The summed E-state index contributed by atoms with van der Waals surface area (Å²) >= 11 is 7.49. The van der Waals surface area contributed by atoms with Crippen molar-refractivity contribution in [3.8, 4) is 0 Å². The Hall–Kier alpha value is 0.0500. The summed E-state index contributed by atoms with van der Waals surface area (Å²) in [5.74, 6) is 0.0364. The van der Waals surface area contributed by atoms with Gasteiger partial charge >= 0.3 is 0 Å². The average Bonchev–Trinajstić information content (AvgIpc) is 3.03. The average molecular weight is 649 g/mol. The molecule has 7 atom stereocenters. The van der Waals surface area contributed by atoms with Gasteiger partial charge in [0.25, 0.3) is 0 Å². The van der Waals surface area contributed by atoms with E-state index in [0.717, 1.165) is 38.5 Å². The summed E-state index contributed by atoms with van der Waals surface area (Å²) < 4.78 is 6.06. The van der Waals surface area contributed by atoms with Crippen LogP contribution < -0.4 is 0 Å². The van der Waals surface area contributed by atoms with Crippen LogP contribution in [0.2, 0.25) is 0 Å². The lowest BCUT2D eigenvalue weighted by atomic mass is 9.73. The Labute approximate surface area is 276 Å². The summed E-state index contributed by atoms with van der Waals surface area (Å²) in [7, 11) is 0. The Morgan fingerprint density at radius 1 is 0.545 bits per heavy atom. The van der Waals surface area contributed by atoms with Crippen LogP contribution in [0.1, 0.15) is 181 Å². The lowest BCUT2D eigenvalue weighted by molar-refractivity contribution is -0.241. The monoisotopic (exact) mass is 649 g/mol. The van der Waals surface area contributed by atoms with Gasteiger partial charge in [0.05, 0.1) is 11.5 Å². The smallest absolute Gasteiger partial charge is 0.111 e. The highest BCUT2D eigenvalue weighted by Gasteiger charge is 2.54. The molecule has 0 aromatic carbocycles. The molecule has 1 saturated heterocycles.